The quantitative estimate of drug-likeness (QED) is 0.719. The Kier molecular flexibility index (Phi) is 4.08. The van der Waals surface area contributed by atoms with Crippen LogP contribution in [-0.2, 0) is 9.53 Å². The van der Waals surface area contributed by atoms with Crippen LogP contribution in [-0.4, -0.2) is 29.3 Å². The summed E-state index contributed by atoms with van der Waals surface area (Å²) in [6.07, 6.45) is 0. The molecule has 0 aliphatic carbocycles. The number of esters is 1. The van der Waals surface area contributed by atoms with Crippen LogP contribution in [0.1, 0.15) is 22.0 Å². The van der Waals surface area contributed by atoms with Gasteiger partial charge in [-0.3, -0.25) is 4.79 Å². The summed E-state index contributed by atoms with van der Waals surface area (Å²) in [7, 11) is 1.15. The fraction of sp³-hybridized carbons (Fsp3) is 0.200. The van der Waals surface area contributed by atoms with Gasteiger partial charge >= 0.3 is 11.9 Å². The lowest BCUT2D eigenvalue weighted by atomic mass is 10.0. The first kappa shape index (κ1) is 13.5. The molecular formula is C10H10BrNO5. The van der Waals surface area contributed by atoms with Crippen LogP contribution in [0.2, 0.25) is 0 Å². The molecule has 1 rings (SSSR count). The minimum absolute atomic E-state index is 0.0105. The van der Waals surface area contributed by atoms with Crippen molar-refractivity contribution in [3.63, 3.8) is 0 Å². The van der Waals surface area contributed by atoms with E-state index in [0.717, 1.165) is 7.11 Å². The molecule has 0 spiro atoms. The highest BCUT2D eigenvalue weighted by molar-refractivity contribution is 9.10. The maximum atomic E-state index is 11.2. The molecular weight excluding hydrogens is 294 g/mol. The van der Waals surface area contributed by atoms with Crippen LogP contribution >= 0.6 is 15.9 Å². The number of ether oxygens (including phenoxy) is 1. The van der Waals surface area contributed by atoms with Crippen molar-refractivity contribution in [2.24, 2.45) is 5.73 Å². The number of carboxylic acids is 1. The van der Waals surface area contributed by atoms with Crippen molar-refractivity contribution in [3.8, 4) is 5.75 Å². The topological polar surface area (TPSA) is 110 Å². The van der Waals surface area contributed by atoms with Crippen LogP contribution in [0.5, 0.6) is 5.75 Å². The van der Waals surface area contributed by atoms with Gasteiger partial charge in [-0.05, 0) is 12.1 Å². The van der Waals surface area contributed by atoms with E-state index in [-0.39, 0.29) is 11.1 Å². The number of hydrogen-bond acceptors (Lipinski definition) is 5. The first-order chi connectivity index (χ1) is 7.88. The predicted octanol–water partition coefficient (Wildman–Crippen LogP) is 1.03. The summed E-state index contributed by atoms with van der Waals surface area (Å²) >= 11 is 3.07. The van der Waals surface area contributed by atoms with Gasteiger partial charge in [-0.25, -0.2) is 4.79 Å². The molecule has 0 unspecified atom stereocenters. The number of carbonyl (C=O) groups is 2. The molecule has 0 saturated carbocycles. The Bertz CT molecular complexity index is 474. The minimum Gasteiger partial charge on any atom is -0.507 e. The van der Waals surface area contributed by atoms with Crippen LogP contribution < -0.4 is 5.73 Å². The van der Waals surface area contributed by atoms with Gasteiger partial charge < -0.3 is 20.7 Å². The van der Waals surface area contributed by atoms with E-state index in [1.54, 1.807) is 0 Å². The smallest absolute Gasteiger partial charge is 0.339 e. The van der Waals surface area contributed by atoms with Gasteiger partial charge in [0.1, 0.15) is 17.4 Å². The summed E-state index contributed by atoms with van der Waals surface area (Å²) in [5.41, 5.74) is 5.19. The third-order valence-electron chi connectivity index (χ3n) is 2.12. The van der Waals surface area contributed by atoms with Crippen molar-refractivity contribution in [3.05, 3.63) is 27.7 Å². The Balaban J connectivity index is 3.34. The van der Waals surface area contributed by atoms with E-state index in [9.17, 15) is 14.7 Å². The van der Waals surface area contributed by atoms with Crippen LogP contribution in [0.25, 0.3) is 0 Å². The first-order valence-electron chi connectivity index (χ1n) is 4.47. The Labute approximate surface area is 105 Å². The van der Waals surface area contributed by atoms with Gasteiger partial charge in [0.25, 0.3) is 0 Å². The Morgan fingerprint density at radius 1 is 1.47 bits per heavy atom. The normalized spacial score (nSPS) is 11.9. The van der Waals surface area contributed by atoms with E-state index >= 15 is 0 Å². The molecule has 0 bridgehead atoms. The predicted molar refractivity (Wildman–Crippen MR) is 61.7 cm³/mol. The number of rotatable bonds is 3. The summed E-state index contributed by atoms with van der Waals surface area (Å²) in [5.74, 6) is -2.63. The highest BCUT2D eigenvalue weighted by Gasteiger charge is 2.24. The first-order valence-corrected chi connectivity index (χ1v) is 5.27. The molecule has 92 valence electrons. The fourth-order valence-electron chi connectivity index (χ4n) is 1.27. The van der Waals surface area contributed by atoms with Gasteiger partial charge in [0, 0.05) is 10.0 Å². The number of carboxylic acid groups (broad SMARTS) is 1. The molecule has 0 aliphatic heterocycles. The minimum atomic E-state index is -1.32. The van der Waals surface area contributed by atoms with Crippen molar-refractivity contribution < 1.29 is 24.5 Å². The SMILES string of the molecule is COC(=O)[C@@H](N)c1cc(Br)cc(C(=O)O)c1O. The maximum absolute atomic E-state index is 11.2. The second-order valence-electron chi connectivity index (χ2n) is 3.20. The Morgan fingerprint density at radius 3 is 2.53 bits per heavy atom. The lowest BCUT2D eigenvalue weighted by molar-refractivity contribution is -0.142. The molecule has 7 heteroatoms. The second kappa shape index (κ2) is 5.15. The lowest BCUT2D eigenvalue weighted by Gasteiger charge is -2.13. The molecule has 6 nitrogen and oxygen atoms in total. The van der Waals surface area contributed by atoms with Crippen molar-refractivity contribution in [2.45, 2.75) is 6.04 Å². The number of methoxy groups -OCH3 is 1. The third kappa shape index (κ3) is 2.75. The number of aromatic carboxylic acids is 1. The largest absolute Gasteiger partial charge is 0.507 e. The standard InChI is InChI=1S/C10H10BrNO5/c1-17-10(16)7(12)5-2-4(11)3-6(8(5)13)9(14)15/h2-3,7,13H,12H2,1H3,(H,14,15)/t7-/m0/s1. The summed E-state index contributed by atoms with van der Waals surface area (Å²) in [6, 6.07) is 1.34. The number of benzene rings is 1. The van der Waals surface area contributed by atoms with Crippen LogP contribution in [0.3, 0.4) is 0 Å². The fourth-order valence-corrected chi connectivity index (χ4v) is 1.75. The molecule has 0 fully saturated rings. The van der Waals surface area contributed by atoms with E-state index in [1.807, 2.05) is 0 Å². The zero-order valence-electron chi connectivity index (χ0n) is 8.81. The van der Waals surface area contributed by atoms with Gasteiger partial charge in [0.2, 0.25) is 0 Å². The van der Waals surface area contributed by atoms with Crippen molar-refractivity contribution in [1.82, 2.24) is 0 Å². The monoisotopic (exact) mass is 303 g/mol. The van der Waals surface area contributed by atoms with E-state index in [4.69, 9.17) is 10.8 Å². The van der Waals surface area contributed by atoms with E-state index in [0.29, 0.717) is 4.47 Å². The molecule has 0 heterocycles. The molecule has 1 aromatic rings. The average Bonchev–Trinajstić information content (AvgIpc) is 2.29. The number of carbonyl (C=O) groups excluding carboxylic acids is 1. The third-order valence-corrected chi connectivity index (χ3v) is 2.58. The number of nitrogens with two attached hydrogens (primary N) is 1. The van der Waals surface area contributed by atoms with Gasteiger partial charge in [-0.15, -0.1) is 0 Å². The number of phenols is 1. The summed E-state index contributed by atoms with van der Waals surface area (Å²) in [4.78, 5) is 22.1. The highest BCUT2D eigenvalue weighted by Crippen LogP contribution is 2.31. The van der Waals surface area contributed by atoms with Gasteiger partial charge in [-0.1, -0.05) is 15.9 Å². The highest BCUT2D eigenvalue weighted by atomic mass is 79.9. The summed E-state index contributed by atoms with van der Waals surface area (Å²) in [6.45, 7) is 0. The molecule has 1 atom stereocenters. The van der Waals surface area contributed by atoms with Crippen LogP contribution in [0.4, 0.5) is 0 Å². The van der Waals surface area contributed by atoms with Crippen molar-refractivity contribution in [1.29, 1.82) is 0 Å². The molecule has 0 amide bonds. The van der Waals surface area contributed by atoms with Crippen molar-refractivity contribution in [2.75, 3.05) is 7.11 Å². The van der Waals surface area contributed by atoms with Crippen molar-refractivity contribution >= 4 is 27.9 Å². The van der Waals surface area contributed by atoms with E-state index < -0.39 is 23.7 Å². The van der Waals surface area contributed by atoms with Gasteiger partial charge in [0.15, 0.2) is 0 Å². The summed E-state index contributed by atoms with van der Waals surface area (Å²) in [5, 5.41) is 18.6. The summed E-state index contributed by atoms with van der Waals surface area (Å²) < 4.78 is 4.81. The maximum Gasteiger partial charge on any atom is 0.339 e. The van der Waals surface area contributed by atoms with E-state index in [2.05, 4.69) is 20.7 Å². The molecule has 0 saturated heterocycles. The van der Waals surface area contributed by atoms with Gasteiger partial charge in [0.05, 0.1) is 7.11 Å². The Hall–Kier alpha value is -1.60. The average molecular weight is 304 g/mol. The zero-order valence-corrected chi connectivity index (χ0v) is 10.4. The Morgan fingerprint density at radius 2 is 2.06 bits per heavy atom. The van der Waals surface area contributed by atoms with E-state index in [1.165, 1.54) is 12.1 Å². The molecule has 0 aliphatic rings. The van der Waals surface area contributed by atoms with Gasteiger partial charge in [-0.2, -0.15) is 0 Å². The lowest BCUT2D eigenvalue weighted by Crippen LogP contribution is -2.23. The molecule has 0 radical (unpaired) electrons. The number of aromatic hydroxyl groups is 1. The zero-order chi connectivity index (χ0) is 13.2. The van der Waals surface area contributed by atoms with Crippen LogP contribution in [0, 0.1) is 0 Å². The number of hydrogen-bond donors (Lipinski definition) is 3. The molecule has 0 aromatic heterocycles. The molecule has 17 heavy (non-hydrogen) atoms. The molecule has 1 aromatic carbocycles. The molecule has 4 N–H and O–H groups in total. The number of halogens is 1. The second-order valence-corrected chi connectivity index (χ2v) is 4.11. The van der Waals surface area contributed by atoms with Crippen LogP contribution in [0.15, 0.2) is 16.6 Å².